The average molecular weight is 414 g/mol. The molecule has 1 aromatic heterocycles. The molecule has 1 aliphatic rings. The molecule has 0 aliphatic heterocycles. The minimum atomic E-state index is -0.361. The summed E-state index contributed by atoms with van der Waals surface area (Å²) < 4.78 is 0. The van der Waals surface area contributed by atoms with Crippen LogP contribution in [-0.2, 0) is 11.2 Å². The first-order valence-electron chi connectivity index (χ1n) is 11.4. The molecule has 0 radical (unpaired) electrons. The van der Waals surface area contributed by atoms with Gasteiger partial charge in [0.05, 0.1) is 11.7 Å². The van der Waals surface area contributed by atoms with Crippen molar-refractivity contribution >= 4 is 11.6 Å². The van der Waals surface area contributed by atoms with E-state index in [-0.39, 0.29) is 18.0 Å². The number of aromatic nitrogens is 1. The highest BCUT2D eigenvalue weighted by molar-refractivity contribution is 5.85. The first-order valence-corrected chi connectivity index (χ1v) is 11.4. The molecule has 2 aromatic carbocycles. The molecule has 4 rings (SSSR count). The fourth-order valence-electron chi connectivity index (χ4n) is 4.51. The van der Waals surface area contributed by atoms with Crippen LogP contribution < -0.4 is 10.6 Å². The van der Waals surface area contributed by atoms with Crippen LogP contribution in [-0.4, -0.2) is 16.9 Å². The van der Waals surface area contributed by atoms with E-state index in [0.717, 1.165) is 29.8 Å². The highest BCUT2D eigenvalue weighted by Crippen LogP contribution is 2.34. The van der Waals surface area contributed by atoms with E-state index in [4.69, 9.17) is 0 Å². The van der Waals surface area contributed by atoms with E-state index in [1.165, 1.54) is 19.3 Å². The van der Waals surface area contributed by atoms with Gasteiger partial charge in [-0.3, -0.25) is 9.78 Å². The molecule has 160 valence electrons. The van der Waals surface area contributed by atoms with Crippen molar-refractivity contribution in [1.82, 2.24) is 10.3 Å². The topological polar surface area (TPSA) is 54.0 Å². The van der Waals surface area contributed by atoms with Gasteiger partial charge in [0.1, 0.15) is 6.04 Å². The Bertz CT molecular complexity index is 883. The van der Waals surface area contributed by atoms with E-state index < -0.39 is 0 Å². The third-order valence-corrected chi connectivity index (χ3v) is 6.14. The van der Waals surface area contributed by atoms with E-state index in [1.807, 2.05) is 72.9 Å². The number of rotatable bonds is 8. The molecule has 1 amide bonds. The molecule has 3 aromatic rings. The van der Waals surface area contributed by atoms with Gasteiger partial charge in [-0.05, 0) is 48.6 Å². The number of nitrogens with zero attached hydrogens (tertiary/aromatic N) is 1. The molecule has 1 heterocycles. The Morgan fingerprint density at radius 2 is 1.55 bits per heavy atom. The second kappa shape index (κ2) is 10.8. The van der Waals surface area contributed by atoms with Gasteiger partial charge in [-0.25, -0.2) is 0 Å². The predicted molar refractivity (Wildman–Crippen MR) is 126 cm³/mol. The monoisotopic (exact) mass is 413 g/mol. The summed E-state index contributed by atoms with van der Waals surface area (Å²) >= 11 is 0. The smallest absolute Gasteiger partial charge is 0.243 e. The third kappa shape index (κ3) is 5.94. The van der Waals surface area contributed by atoms with E-state index in [1.54, 1.807) is 0 Å². The highest BCUT2D eigenvalue weighted by Gasteiger charge is 2.30. The normalized spacial score (nSPS) is 16.3. The van der Waals surface area contributed by atoms with Crippen LogP contribution in [0.3, 0.4) is 0 Å². The quantitative estimate of drug-likeness (QED) is 0.510. The molecule has 2 atom stereocenters. The summed E-state index contributed by atoms with van der Waals surface area (Å²) in [6, 6.07) is 25.7. The Hall–Kier alpha value is -3.14. The molecule has 0 bridgehead atoms. The molecule has 1 fully saturated rings. The van der Waals surface area contributed by atoms with Gasteiger partial charge < -0.3 is 10.6 Å². The van der Waals surface area contributed by atoms with Crippen molar-refractivity contribution in [2.24, 2.45) is 5.92 Å². The number of pyridine rings is 1. The molecule has 31 heavy (non-hydrogen) atoms. The van der Waals surface area contributed by atoms with Gasteiger partial charge in [0.15, 0.2) is 0 Å². The average Bonchev–Trinajstić information content (AvgIpc) is 2.84. The standard InChI is InChI=1S/C27H31N3O/c31-27(30-26(22-14-6-2-7-15-22)24-18-10-11-19-28-24)25(20-21-12-4-1-5-13-21)29-23-16-8-3-9-17-23/h1,3-5,8-13,16-19,22,25-26,29H,2,6-7,14-15,20H2,(H,30,31). The van der Waals surface area contributed by atoms with E-state index >= 15 is 0 Å². The summed E-state index contributed by atoms with van der Waals surface area (Å²) in [7, 11) is 0. The van der Waals surface area contributed by atoms with Crippen LogP contribution in [0, 0.1) is 5.92 Å². The lowest BCUT2D eigenvalue weighted by Gasteiger charge is -2.32. The van der Waals surface area contributed by atoms with E-state index in [9.17, 15) is 4.79 Å². The van der Waals surface area contributed by atoms with Crippen molar-refractivity contribution in [2.45, 2.75) is 50.6 Å². The molecule has 2 N–H and O–H groups in total. The minimum Gasteiger partial charge on any atom is -0.373 e. The lowest BCUT2D eigenvalue weighted by molar-refractivity contribution is -0.123. The Balaban J connectivity index is 1.56. The maximum atomic E-state index is 13.6. The Labute approximate surface area is 185 Å². The SMILES string of the molecule is O=C(NC(c1ccccn1)C1CCCCC1)C(Cc1ccccc1)Nc1ccccc1. The molecule has 1 aliphatic carbocycles. The first kappa shape index (κ1) is 21.1. The van der Waals surface area contributed by atoms with Crippen molar-refractivity contribution in [3.8, 4) is 0 Å². The van der Waals surface area contributed by atoms with Gasteiger partial charge >= 0.3 is 0 Å². The summed E-state index contributed by atoms with van der Waals surface area (Å²) in [6.45, 7) is 0. The number of para-hydroxylation sites is 1. The van der Waals surface area contributed by atoms with Gasteiger partial charge in [0.25, 0.3) is 0 Å². The number of carbonyl (C=O) groups is 1. The van der Waals surface area contributed by atoms with Crippen LogP contribution in [0.4, 0.5) is 5.69 Å². The van der Waals surface area contributed by atoms with Crippen molar-refractivity contribution in [2.75, 3.05) is 5.32 Å². The number of nitrogens with one attached hydrogen (secondary N) is 2. The zero-order chi connectivity index (χ0) is 21.3. The fourth-order valence-corrected chi connectivity index (χ4v) is 4.51. The molecule has 0 spiro atoms. The summed E-state index contributed by atoms with van der Waals surface area (Å²) in [5, 5.41) is 6.83. The number of hydrogen-bond donors (Lipinski definition) is 2. The van der Waals surface area contributed by atoms with Crippen LogP contribution in [0.2, 0.25) is 0 Å². The van der Waals surface area contributed by atoms with Crippen molar-refractivity contribution in [3.05, 3.63) is 96.3 Å². The molecular formula is C27H31N3O. The van der Waals surface area contributed by atoms with Crippen LogP contribution in [0.15, 0.2) is 85.1 Å². The van der Waals surface area contributed by atoms with Crippen molar-refractivity contribution < 1.29 is 4.79 Å². The zero-order valence-electron chi connectivity index (χ0n) is 17.9. The summed E-state index contributed by atoms with van der Waals surface area (Å²) in [5.74, 6) is 0.454. The zero-order valence-corrected chi connectivity index (χ0v) is 17.9. The number of anilines is 1. The Morgan fingerprint density at radius 1 is 0.871 bits per heavy atom. The molecule has 0 saturated heterocycles. The molecule has 2 unspecified atom stereocenters. The van der Waals surface area contributed by atoms with E-state index in [2.05, 4.69) is 27.8 Å². The third-order valence-electron chi connectivity index (χ3n) is 6.14. The Kier molecular flexibility index (Phi) is 7.32. The van der Waals surface area contributed by atoms with Gasteiger partial charge in [0.2, 0.25) is 5.91 Å². The maximum absolute atomic E-state index is 13.6. The molecular weight excluding hydrogens is 382 g/mol. The maximum Gasteiger partial charge on any atom is 0.243 e. The van der Waals surface area contributed by atoms with Crippen LogP contribution in [0.1, 0.15) is 49.4 Å². The number of carbonyl (C=O) groups excluding carboxylic acids is 1. The molecule has 4 nitrogen and oxygen atoms in total. The van der Waals surface area contributed by atoms with Crippen LogP contribution in [0.25, 0.3) is 0 Å². The second-order valence-electron chi connectivity index (χ2n) is 8.39. The van der Waals surface area contributed by atoms with Gasteiger partial charge in [-0.1, -0.05) is 73.9 Å². The van der Waals surface area contributed by atoms with Crippen molar-refractivity contribution in [3.63, 3.8) is 0 Å². The van der Waals surface area contributed by atoms with Gasteiger partial charge in [-0.15, -0.1) is 0 Å². The summed E-state index contributed by atoms with van der Waals surface area (Å²) in [4.78, 5) is 18.2. The van der Waals surface area contributed by atoms with Crippen LogP contribution >= 0.6 is 0 Å². The van der Waals surface area contributed by atoms with Crippen molar-refractivity contribution in [1.29, 1.82) is 0 Å². The lowest BCUT2D eigenvalue weighted by atomic mass is 9.82. The summed E-state index contributed by atoms with van der Waals surface area (Å²) in [6.07, 6.45) is 8.45. The minimum absolute atomic E-state index is 0.0222. The molecule has 1 saturated carbocycles. The molecule has 4 heteroatoms. The van der Waals surface area contributed by atoms with E-state index in [0.29, 0.717) is 12.3 Å². The first-order chi connectivity index (χ1) is 15.3. The Morgan fingerprint density at radius 3 is 2.23 bits per heavy atom. The number of amides is 1. The lowest BCUT2D eigenvalue weighted by Crippen LogP contribution is -2.45. The van der Waals surface area contributed by atoms with Gasteiger partial charge in [0, 0.05) is 18.3 Å². The second-order valence-corrected chi connectivity index (χ2v) is 8.39. The highest BCUT2D eigenvalue weighted by atomic mass is 16.2. The number of hydrogen-bond acceptors (Lipinski definition) is 3. The fraction of sp³-hybridized carbons (Fsp3) is 0.333. The number of benzene rings is 2. The van der Waals surface area contributed by atoms with Crippen LogP contribution in [0.5, 0.6) is 0 Å². The summed E-state index contributed by atoms with van der Waals surface area (Å²) in [5.41, 5.74) is 3.05. The van der Waals surface area contributed by atoms with Gasteiger partial charge in [-0.2, -0.15) is 0 Å². The largest absolute Gasteiger partial charge is 0.373 e. The predicted octanol–water partition coefficient (Wildman–Crippen LogP) is 5.54.